The molecule has 1 saturated heterocycles. The van der Waals surface area contributed by atoms with Gasteiger partial charge in [0.15, 0.2) is 0 Å². The molecule has 2 heterocycles. The number of hydrogen-bond donors (Lipinski definition) is 1. The Morgan fingerprint density at radius 1 is 1.53 bits per heavy atom. The smallest absolute Gasteiger partial charge is 0.132 e. The molecule has 1 aliphatic heterocycles. The van der Waals surface area contributed by atoms with Crippen LogP contribution in [0.15, 0.2) is 12.4 Å². The van der Waals surface area contributed by atoms with Crippen LogP contribution >= 0.6 is 0 Å². The standard InChI is InChI=1S/C11H17N3O/c1-2-3-9-6-11(13-8-12-9)14-5-4-10(15)7-14/h6,8,10,15H,2-5,7H2,1H3/t10-/m1/s1. The first-order valence-corrected chi connectivity index (χ1v) is 5.53. The highest BCUT2D eigenvalue weighted by molar-refractivity contribution is 5.40. The highest BCUT2D eigenvalue weighted by atomic mass is 16.3. The van der Waals surface area contributed by atoms with Gasteiger partial charge in [-0.3, -0.25) is 0 Å². The van der Waals surface area contributed by atoms with Crippen molar-refractivity contribution in [2.24, 2.45) is 0 Å². The van der Waals surface area contributed by atoms with E-state index in [1.54, 1.807) is 6.33 Å². The summed E-state index contributed by atoms with van der Waals surface area (Å²) in [6, 6.07) is 2.03. The maximum absolute atomic E-state index is 9.45. The summed E-state index contributed by atoms with van der Waals surface area (Å²) in [5.41, 5.74) is 1.09. The number of hydrogen-bond acceptors (Lipinski definition) is 4. The van der Waals surface area contributed by atoms with Crippen LogP contribution in [0.2, 0.25) is 0 Å². The lowest BCUT2D eigenvalue weighted by Crippen LogP contribution is -2.22. The Bertz CT molecular complexity index is 329. The number of rotatable bonds is 3. The van der Waals surface area contributed by atoms with Gasteiger partial charge >= 0.3 is 0 Å². The van der Waals surface area contributed by atoms with Crippen LogP contribution in [0, 0.1) is 0 Å². The Kier molecular flexibility index (Phi) is 3.16. The molecule has 4 nitrogen and oxygen atoms in total. The molecule has 0 amide bonds. The van der Waals surface area contributed by atoms with Gasteiger partial charge in [0.05, 0.1) is 6.10 Å². The fourth-order valence-electron chi connectivity index (χ4n) is 1.90. The first-order valence-electron chi connectivity index (χ1n) is 5.53. The molecule has 0 bridgehead atoms. The second-order valence-corrected chi connectivity index (χ2v) is 4.01. The molecule has 1 atom stereocenters. The van der Waals surface area contributed by atoms with E-state index in [0.717, 1.165) is 37.3 Å². The molecule has 0 radical (unpaired) electrons. The third-order valence-electron chi connectivity index (χ3n) is 2.70. The predicted molar refractivity (Wildman–Crippen MR) is 58.9 cm³/mol. The maximum Gasteiger partial charge on any atom is 0.132 e. The van der Waals surface area contributed by atoms with Crippen LogP contribution in [0.4, 0.5) is 5.82 Å². The third-order valence-corrected chi connectivity index (χ3v) is 2.70. The molecule has 1 N–H and O–H groups in total. The monoisotopic (exact) mass is 207 g/mol. The minimum Gasteiger partial charge on any atom is -0.391 e. The second-order valence-electron chi connectivity index (χ2n) is 4.01. The van der Waals surface area contributed by atoms with Crippen molar-refractivity contribution in [3.63, 3.8) is 0 Å². The fourth-order valence-corrected chi connectivity index (χ4v) is 1.90. The molecule has 82 valence electrons. The molecule has 0 spiro atoms. The van der Waals surface area contributed by atoms with Crippen LogP contribution in [0.1, 0.15) is 25.5 Å². The molecule has 0 aromatic carbocycles. The number of nitrogens with zero attached hydrogens (tertiary/aromatic N) is 3. The van der Waals surface area contributed by atoms with Gasteiger partial charge in [0, 0.05) is 24.8 Å². The van der Waals surface area contributed by atoms with Crippen LogP contribution in [-0.4, -0.2) is 34.3 Å². The van der Waals surface area contributed by atoms with Gasteiger partial charge in [-0.15, -0.1) is 0 Å². The van der Waals surface area contributed by atoms with Crippen molar-refractivity contribution < 1.29 is 5.11 Å². The number of β-amino-alcohol motifs (C(OH)–C–C–N with tert-alkyl or cyclic N) is 1. The first kappa shape index (κ1) is 10.4. The summed E-state index contributed by atoms with van der Waals surface area (Å²) in [6.07, 6.45) is 4.35. The lowest BCUT2D eigenvalue weighted by Gasteiger charge is -2.16. The van der Waals surface area contributed by atoms with E-state index < -0.39 is 0 Å². The van der Waals surface area contributed by atoms with E-state index in [4.69, 9.17) is 0 Å². The molecular weight excluding hydrogens is 190 g/mol. The Labute approximate surface area is 90.0 Å². The number of aromatic nitrogens is 2. The largest absolute Gasteiger partial charge is 0.391 e. The van der Waals surface area contributed by atoms with Gasteiger partial charge in [-0.25, -0.2) is 9.97 Å². The number of aliphatic hydroxyl groups is 1. The Hall–Kier alpha value is -1.16. The number of aliphatic hydroxyl groups excluding tert-OH is 1. The zero-order valence-corrected chi connectivity index (χ0v) is 9.06. The summed E-state index contributed by atoms with van der Waals surface area (Å²) in [5, 5.41) is 9.45. The van der Waals surface area contributed by atoms with Gasteiger partial charge in [-0.05, 0) is 12.8 Å². The van der Waals surface area contributed by atoms with E-state index in [0.29, 0.717) is 6.54 Å². The highest BCUT2D eigenvalue weighted by Crippen LogP contribution is 2.18. The molecule has 1 aromatic rings. The van der Waals surface area contributed by atoms with Crippen LogP contribution in [0.5, 0.6) is 0 Å². The lowest BCUT2D eigenvalue weighted by atomic mass is 10.2. The first-order chi connectivity index (χ1) is 7.29. The van der Waals surface area contributed by atoms with Crippen molar-refractivity contribution >= 4 is 5.82 Å². The molecule has 0 aliphatic carbocycles. The van der Waals surface area contributed by atoms with Crippen molar-refractivity contribution in [1.29, 1.82) is 0 Å². The van der Waals surface area contributed by atoms with Crippen LogP contribution in [0.3, 0.4) is 0 Å². The van der Waals surface area contributed by atoms with E-state index in [-0.39, 0.29) is 6.10 Å². The van der Waals surface area contributed by atoms with Gasteiger partial charge in [0.25, 0.3) is 0 Å². The Morgan fingerprint density at radius 2 is 2.40 bits per heavy atom. The van der Waals surface area contributed by atoms with Gasteiger partial charge in [0.2, 0.25) is 0 Å². The van der Waals surface area contributed by atoms with Crippen LogP contribution in [0.25, 0.3) is 0 Å². The molecule has 0 unspecified atom stereocenters. The topological polar surface area (TPSA) is 49.2 Å². The Morgan fingerprint density at radius 3 is 3.07 bits per heavy atom. The quantitative estimate of drug-likeness (QED) is 0.803. The minimum absolute atomic E-state index is 0.199. The molecule has 15 heavy (non-hydrogen) atoms. The molecule has 1 fully saturated rings. The zero-order chi connectivity index (χ0) is 10.7. The molecule has 2 rings (SSSR count). The normalized spacial score (nSPS) is 20.9. The molecule has 1 aliphatic rings. The van der Waals surface area contributed by atoms with Crippen molar-refractivity contribution in [2.75, 3.05) is 18.0 Å². The fraction of sp³-hybridized carbons (Fsp3) is 0.636. The number of aryl methyl sites for hydroxylation is 1. The van der Waals surface area contributed by atoms with Gasteiger partial charge in [-0.1, -0.05) is 13.3 Å². The lowest BCUT2D eigenvalue weighted by molar-refractivity contribution is 0.198. The second kappa shape index (κ2) is 4.57. The maximum atomic E-state index is 9.45. The van der Waals surface area contributed by atoms with Crippen molar-refractivity contribution in [1.82, 2.24) is 9.97 Å². The Balaban J connectivity index is 2.10. The SMILES string of the molecule is CCCc1cc(N2CC[C@@H](O)C2)ncn1. The van der Waals surface area contributed by atoms with Crippen LogP contribution < -0.4 is 4.90 Å². The van der Waals surface area contributed by atoms with Crippen molar-refractivity contribution in [3.05, 3.63) is 18.1 Å². The summed E-state index contributed by atoms with van der Waals surface area (Å²) in [7, 11) is 0. The van der Waals surface area contributed by atoms with E-state index in [1.807, 2.05) is 6.07 Å². The van der Waals surface area contributed by atoms with E-state index >= 15 is 0 Å². The summed E-state index contributed by atoms with van der Waals surface area (Å²) in [6.45, 7) is 3.73. The van der Waals surface area contributed by atoms with Crippen molar-refractivity contribution in [2.45, 2.75) is 32.3 Å². The summed E-state index contributed by atoms with van der Waals surface area (Å²) < 4.78 is 0. The molecule has 0 saturated carbocycles. The summed E-state index contributed by atoms with van der Waals surface area (Å²) in [5.74, 6) is 0.949. The average Bonchev–Trinajstić information content (AvgIpc) is 2.66. The van der Waals surface area contributed by atoms with Gasteiger partial charge < -0.3 is 10.0 Å². The molecular formula is C11H17N3O. The average molecular weight is 207 g/mol. The van der Waals surface area contributed by atoms with Gasteiger partial charge in [0.1, 0.15) is 12.1 Å². The highest BCUT2D eigenvalue weighted by Gasteiger charge is 2.21. The molecule has 1 aromatic heterocycles. The predicted octanol–water partition coefficient (Wildman–Crippen LogP) is 1.00. The third kappa shape index (κ3) is 2.45. The summed E-state index contributed by atoms with van der Waals surface area (Å²) >= 11 is 0. The van der Waals surface area contributed by atoms with E-state index in [2.05, 4.69) is 21.8 Å². The zero-order valence-electron chi connectivity index (χ0n) is 9.06. The van der Waals surface area contributed by atoms with Crippen LogP contribution in [-0.2, 0) is 6.42 Å². The van der Waals surface area contributed by atoms with E-state index in [9.17, 15) is 5.11 Å². The minimum atomic E-state index is -0.199. The number of anilines is 1. The summed E-state index contributed by atoms with van der Waals surface area (Å²) in [4.78, 5) is 10.6. The van der Waals surface area contributed by atoms with Gasteiger partial charge in [-0.2, -0.15) is 0 Å². The van der Waals surface area contributed by atoms with E-state index in [1.165, 1.54) is 0 Å². The molecule has 4 heteroatoms. The van der Waals surface area contributed by atoms with Crippen molar-refractivity contribution in [3.8, 4) is 0 Å².